The third-order valence-corrected chi connectivity index (χ3v) is 4.74. The van der Waals surface area contributed by atoms with Gasteiger partial charge in [0, 0.05) is 19.0 Å². The standard InChI is InChI=1S/C19H25NO3/c1-14(2)13-15(3)17(21)20-11-9-19(10-12-20,18(22)23)16-7-5-4-6-8-16/h4-8,15H,1,9-13H2,2-3H3,(H,22,23). The molecule has 1 N–H and O–H groups in total. The van der Waals surface area contributed by atoms with Crippen molar-refractivity contribution in [1.82, 2.24) is 4.90 Å². The largest absolute Gasteiger partial charge is 0.481 e. The Morgan fingerprint density at radius 2 is 1.83 bits per heavy atom. The molecule has 0 spiro atoms. The maximum absolute atomic E-state index is 12.5. The summed E-state index contributed by atoms with van der Waals surface area (Å²) in [7, 11) is 0. The lowest BCUT2D eigenvalue weighted by Gasteiger charge is -2.40. The van der Waals surface area contributed by atoms with Gasteiger partial charge in [0.2, 0.25) is 5.91 Å². The number of piperidine rings is 1. The van der Waals surface area contributed by atoms with Gasteiger partial charge in [-0.1, -0.05) is 42.8 Å². The molecule has 1 atom stereocenters. The van der Waals surface area contributed by atoms with Crippen LogP contribution in [-0.4, -0.2) is 35.0 Å². The molecule has 0 aliphatic carbocycles. The minimum absolute atomic E-state index is 0.0958. The van der Waals surface area contributed by atoms with Crippen molar-refractivity contribution in [3.8, 4) is 0 Å². The molecule has 0 bridgehead atoms. The van der Waals surface area contributed by atoms with Crippen LogP contribution in [0.5, 0.6) is 0 Å². The zero-order chi connectivity index (χ0) is 17.0. The van der Waals surface area contributed by atoms with Crippen LogP contribution in [0.3, 0.4) is 0 Å². The Kier molecular flexibility index (Phi) is 5.24. The lowest BCUT2D eigenvalue weighted by Crippen LogP contribution is -2.50. The molecule has 1 aromatic carbocycles. The highest BCUT2D eigenvalue weighted by Crippen LogP contribution is 2.36. The normalized spacial score (nSPS) is 18.3. The maximum Gasteiger partial charge on any atom is 0.314 e. The maximum atomic E-state index is 12.5. The number of carbonyl (C=O) groups excluding carboxylic acids is 1. The van der Waals surface area contributed by atoms with E-state index in [-0.39, 0.29) is 11.8 Å². The van der Waals surface area contributed by atoms with Gasteiger partial charge in [-0.3, -0.25) is 9.59 Å². The Hall–Kier alpha value is -2.10. The van der Waals surface area contributed by atoms with Gasteiger partial charge in [-0.15, -0.1) is 6.58 Å². The van der Waals surface area contributed by atoms with Crippen LogP contribution in [0.15, 0.2) is 42.5 Å². The Bertz CT molecular complexity index is 586. The average molecular weight is 315 g/mol. The molecule has 4 nitrogen and oxygen atoms in total. The number of aliphatic carboxylic acids is 1. The van der Waals surface area contributed by atoms with E-state index in [9.17, 15) is 14.7 Å². The highest BCUT2D eigenvalue weighted by Gasteiger charge is 2.44. The molecular weight excluding hydrogens is 290 g/mol. The summed E-state index contributed by atoms with van der Waals surface area (Å²) in [6.45, 7) is 8.66. The van der Waals surface area contributed by atoms with Gasteiger partial charge in [0.1, 0.15) is 0 Å². The smallest absolute Gasteiger partial charge is 0.314 e. The van der Waals surface area contributed by atoms with Gasteiger partial charge in [-0.25, -0.2) is 0 Å². The van der Waals surface area contributed by atoms with Crippen molar-refractivity contribution < 1.29 is 14.7 Å². The number of carbonyl (C=O) groups is 2. The van der Waals surface area contributed by atoms with E-state index < -0.39 is 11.4 Å². The van der Waals surface area contributed by atoms with E-state index in [1.54, 1.807) is 4.90 Å². The van der Waals surface area contributed by atoms with Crippen LogP contribution >= 0.6 is 0 Å². The molecule has 1 saturated heterocycles. The van der Waals surface area contributed by atoms with Crippen molar-refractivity contribution in [2.24, 2.45) is 5.92 Å². The van der Waals surface area contributed by atoms with Gasteiger partial charge in [-0.2, -0.15) is 0 Å². The molecule has 1 unspecified atom stereocenters. The summed E-state index contributed by atoms with van der Waals surface area (Å²) >= 11 is 0. The fourth-order valence-electron chi connectivity index (χ4n) is 3.41. The Balaban J connectivity index is 2.10. The minimum Gasteiger partial charge on any atom is -0.481 e. The summed E-state index contributed by atoms with van der Waals surface area (Å²) in [4.78, 5) is 26.2. The molecule has 1 aromatic rings. The quantitative estimate of drug-likeness (QED) is 0.849. The summed E-state index contributed by atoms with van der Waals surface area (Å²) < 4.78 is 0. The molecule has 2 rings (SSSR count). The van der Waals surface area contributed by atoms with Crippen LogP contribution in [0, 0.1) is 5.92 Å². The number of allylic oxidation sites excluding steroid dienone is 1. The summed E-state index contributed by atoms with van der Waals surface area (Å²) in [6, 6.07) is 9.36. The van der Waals surface area contributed by atoms with E-state index in [2.05, 4.69) is 6.58 Å². The van der Waals surface area contributed by atoms with Crippen LogP contribution in [0.1, 0.15) is 38.7 Å². The Labute approximate surface area is 137 Å². The monoisotopic (exact) mass is 315 g/mol. The SMILES string of the molecule is C=C(C)CC(C)C(=O)N1CCC(C(=O)O)(c2ccccc2)CC1. The number of nitrogens with zero attached hydrogens (tertiary/aromatic N) is 1. The van der Waals surface area contributed by atoms with E-state index >= 15 is 0 Å². The first kappa shape index (κ1) is 17.3. The minimum atomic E-state index is -0.879. The molecule has 1 fully saturated rings. The van der Waals surface area contributed by atoms with Gasteiger partial charge in [-0.05, 0) is 31.7 Å². The summed E-state index contributed by atoms with van der Waals surface area (Å²) in [5.41, 5.74) is 0.942. The number of rotatable bonds is 5. The van der Waals surface area contributed by atoms with Gasteiger partial charge >= 0.3 is 5.97 Å². The Morgan fingerprint density at radius 1 is 1.26 bits per heavy atom. The zero-order valence-electron chi connectivity index (χ0n) is 13.9. The van der Waals surface area contributed by atoms with Crippen molar-refractivity contribution >= 4 is 11.9 Å². The number of amides is 1. The van der Waals surface area contributed by atoms with Crippen LogP contribution in [0.4, 0.5) is 0 Å². The van der Waals surface area contributed by atoms with Gasteiger partial charge in [0.25, 0.3) is 0 Å². The highest BCUT2D eigenvalue weighted by molar-refractivity contribution is 5.83. The van der Waals surface area contributed by atoms with Crippen molar-refractivity contribution in [3.63, 3.8) is 0 Å². The fourth-order valence-corrected chi connectivity index (χ4v) is 3.41. The number of hydrogen-bond acceptors (Lipinski definition) is 2. The van der Waals surface area contributed by atoms with Crippen molar-refractivity contribution in [2.45, 2.75) is 38.5 Å². The molecule has 1 amide bonds. The fraction of sp³-hybridized carbons (Fsp3) is 0.474. The van der Waals surface area contributed by atoms with E-state index in [1.165, 1.54) is 0 Å². The molecule has 1 aliphatic rings. The number of likely N-dealkylation sites (tertiary alicyclic amines) is 1. The molecule has 23 heavy (non-hydrogen) atoms. The first-order valence-electron chi connectivity index (χ1n) is 8.09. The van der Waals surface area contributed by atoms with E-state index in [1.807, 2.05) is 44.2 Å². The van der Waals surface area contributed by atoms with E-state index in [4.69, 9.17) is 0 Å². The van der Waals surface area contributed by atoms with E-state index in [0.717, 1.165) is 11.1 Å². The van der Waals surface area contributed by atoms with Gasteiger partial charge in [0.05, 0.1) is 5.41 Å². The van der Waals surface area contributed by atoms with E-state index in [0.29, 0.717) is 32.4 Å². The predicted molar refractivity (Wildman–Crippen MR) is 90.2 cm³/mol. The molecule has 4 heteroatoms. The van der Waals surface area contributed by atoms with Crippen molar-refractivity contribution in [2.75, 3.05) is 13.1 Å². The van der Waals surface area contributed by atoms with Crippen LogP contribution in [0.25, 0.3) is 0 Å². The van der Waals surface area contributed by atoms with Gasteiger partial charge < -0.3 is 10.0 Å². The molecule has 0 radical (unpaired) electrons. The molecule has 1 heterocycles. The highest BCUT2D eigenvalue weighted by atomic mass is 16.4. The second-order valence-corrected chi connectivity index (χ2v) is 6.64. The van der Waals surface area contributed by atoms with Crippen molar-refractivity contribution in [1.29, 1.82) is 0 Å². The van der Waals surface area contributed by atoms with Crippen LogP contribution in [0.2, 0.25) is 0 Å². The third kappa shape index (κ3) is 3.63. The molecule has 0 aromatic heterocycles. The lowest BCUT2D eigenvalue weighted by atomic mass is 9.72. The molecule has 124 valence electrons. The zero-order valence-corrected chi connectivity index (χ0v) is 13.9. The topological polar surface area (TPSA) is 57.6 Å². The number of carboxylic acid groups (broad SMARTS) is 1. The molecule has 1 aliphatic heterocycles. The number of hydrogen-bond donors (Lipinski definition) is 1. The lowest BCUT2D eigenvalue weighted by molar-refractivity contribution is -0.149. The second-order valence-electron chi connectivity index (χ2n) is 6.64. The number of carboxylic acids is 1. The molecular formula is C19H25NO3. The van der Waals surface area contributed by atoms with Crippen LogP contribution < -0.4 is 0 Å². The predicted octanol–water partition coefficient (Wildman–Crippen LogP) is 3.23. The molecule has 0 saturated carbocycles. The summed E-state index contributed by atoms with van der Waals surface area (Å²) in [5.74, 6) is -0.799. The van der Waals surface area contributed by atoms with Gasteiger partial charge in [0.15, 0.2) is 0 Å². The van der Waals surface area contributed by atoms with Crippen LogP contribution in [-0.2, 0) is 15.0 Å². The summed E-state index contributed by atoms with van der Waals surface area (Å²) in [5, 5.41) is 9.78. The first-order chi connectivity index (χ1) is 10.9. The second kappa shape index (κ2) is 6.99. The third-order valence-electron chi connectivity index (χ3n) is 4.74. The Morgan fingerprint density at radius 3 is 2.30 bits per heavy atom. The average Bonchev–Trinajstić information content (AvgIpc) is 2.54. The first-order valence-corrected chi connectivity index (χ1v) is 8.09. The summed E-state index contributed by atoms with van der Waals surface area (Å²) in [6.07, 6.45) is 1.59. The van der Waals surface area contributed by atoms with Crippen molar-refractivity contribution in [3.05, 3.63) is 48.0 Å². The number of benzene rings is 1.